The molecule has 0 radical (unpaired) electrons. The quantitative estimate of drug-likeness (QED) is 0.913. The van der Waals surface area contributed by atoms with E-state index >= 15 is 0 Å². The maximum Gasteiger partial charge on any atom is 0.0957 e. The molecule has 2 heterocycles. The fourth-order valence-corrected chi connectivity index (χ4v) is 3.86. The minimum absolute atomic E-state index is 0.424. The summed E-state index contributed by atoms with van der Waals surface area (Å²) < 4.78 is 0. The highest BCUT2D eigenvalue weighted by Gasteiger charge is 2.36. The maximum absolute atomic E-state index is 9.79. The summed E-state index contributed by atoms with van der Waals surface area (Å²) in [5, 5.41) is 9.79. The summed E-state index contributed by atoms with van der Waals surface area (Å²) in [7, 11) is 0. The summed E-state index contributed by atoms with van der Waals surface area (Å²) in [6.07, 6.45) is 10.7. The number of piperidine rings is 1. The molecule has 1 aromatic heterocycles. The zero-order valence-electron chi connectivity index (χ0n) is 12.5. The van der Waals surface area contributed by atoms with Gasteiger partial charge in [0.2, 0.25) is 0 Å². The van der Waals surface area contributed by atoms with Crippen LogP contribution < -0.4 is 4.90 Å². The highest BCUT2D eigenvalue weighted by Crippen LogP contribution is 2.46. The second-order valence-electron chi connectivity index (χ2n) is 6.56. The van der Waals surface area contributed by atoms with Crippen LogP contribution in [0.5, 0.6) is 0 Å². The van der Waals surface area contributed by atoms with Crippen molar-refractivity contribution >= 4 is 5.69 Å². The molecule has 1 spiro atoms. The van der Waals surface area contributed by atoms with Crippen LogP contribution in [0.2, 0.25) is 0 Å². The molecule has 3 nitrogen and oxygen atoms in total. The lowest BCUT2D eigenvalue weighted by molar-refractivity contribution is 0.169. The third-order valence-corrected chi connectivity index (χ3v) is 5.35. The second kappa shape index (κ2) is 5.72. The average molecular weight is 274 g/mol. The number of anilines is 1. The van der Waals surface area contributed by atoms with Gasteiger partial charge in [-0.3, -0.25) is 4.98 Å². The lowest BCUT2D eigenvalue weighted by Crippen LogP contribution is -2.38. The van der Waals surface area contributed by atoms with Crippen molar-refractivity contribution in [2.45, 2.75) is 58.0 Å². The van der Waals surface area contributed by atoms with Crippen molar-refractivity contribution in [2.24, 2.45) is 5.41 Å². The van der Waals surface area contributed by atoms with Crippen LogP contribution in [0.15, 0.2) is 18.3 Å². The SMILES string of the molecule is CC[C@@H](O)c1ccc(N2CCC3(CCCC3)CC2)cn1. The lowest BCUT2D eigenvalue weighted by Gasteiger charge is -2.40. The Morgan fingerprint density at radius 2 is 1.90 bits per heavy atom. The van der Waals surface area contributed by atoms with Crippen molar-refractivity contribution in [3.63, 3.8) is 0 Å². The van der Waals surface area contributed by atoms with E-state index in [1.165, 1.54) is 44.2 Å². The molecule has 110 valence electrons. The predicted octanol–water partition coefficient (Wildman–Crippen LogP) is 3.69. The van der Waals surface area contributed by atoms with E-state index in [1.54, 1.807) is 0 Å². The monoisotopic (exact) mass is 274 g/mol. The van der Waals surface area contributed by atoms with E-state index in [9.17, 15) is 5.11 Å². The number of pyridine rings is 1. The number of aliphatic hydroxyl groups is 1. The standard InChI is InChI=1S/C17H26N2O/c1-2-16(20)15-6-5-14(13-18-15)19-11-9-17(10-12-19)7-3-4-8-17/h5-6,13,16,20H,2-4,7-12H2,1H3/t16-/m1/s1. The Kier molecular flexibility index (Phi) is 3.97. The molecule has 1 N–H and O–H groups in total. The summed E-state index contributed by atoms with van der Waals surface area (Å²) in [6, 6.07) is 4.09. The van der Waals surface area contributed by atoms with E-state index in [0.29, 0.717) is 5.41 Å². The van der Waals surface area contributed by atoms with E-state index < -0.39 is 6.10 Å². The van der Waals surface area contributed by atoms with Gasteiger partial charge in [0, 0.05) is 13.1 Å². The van der Waals surface area contributed by atoms with Crippen LogP contribution in [0.3, 0.4) is 0 Å². The molecule has 2 fully saturated rings. The Morgan fingerprint density at radius 3 is 2.45 bits per heavy atom. The summed E-state index contributed by atoms with van der Waals surface area (Å²) in [4.78, 5) is 6.88. The van der Waals surface area contributed by atoms with Gasteiger partial charge in [-0.15, -0.1) is 0 Å². The third kappa shape index (κ3) is 2.69. The second-order valence-corrected chi connectivity index (χ2v) is 6.56. The van der Waals surface area contributed by atoms with Crippen molar-refractivity contribution in [2.75, 3.05) is 18.0 Å². The van der Waals surface area contributed by atoms with Crippen molar-refractivity contribution < 1.29 is 5.11 Å². The Bertz CT molecular complexity index is 427. The van der Waals surface area contributed by atoms with Gasteiger partial charge < -0.3 is 10.0 Å². The molecular weight excluding hydrogens is 248 g/mol. The van der Waals surface area contributed by atoms with Crippen LogP contribution in [-0.4, -0.2) is 23.2 Å². The zero-order chi connectivity index (χ0) is 14.0. The topological polar surface area (TPSA) is 36.4 Å². The summed E-state index contributed by atoms with van der Waals surface area (Å²) in [6.45, 7) is 4.31. The summed E-state index contributed by atoms with van der Waals surface area (Å²) in [5.41, 5.74) is 2.67. The highest BCUT2D eigenvalue weighted by molar-refractivity contribution is 5.45. The average Bonchev–Trinajstić information content (AvgIpc) is 2.96. The molecule has 0 aromatic carbocycles. The molecule has 1 saturated carbocycles. The number of aliphatic hydroxyl groups excluding tert-OH is 1. The van der Waals surface area contributed by atoms with E-state index in [-0.39, 0.29) is 0 Å². The van der Waals surface area contributed by atoms with E-state index in [1.807, 2.05) is 19.2 Å². The van der Waals surface area contributed by atoms with Crippen LogP contribution in [0.25, 0.3) is 0 Å². The van der Waals surface area contributed by atoms with Gasteiger partial charge in [-0.1, -0.05) is 19.8 Å². The number of hydrogen-bond donors (Lipinski definition) is 1. The first kappa shape index (κ1) is 13.9. The van der Waals surface area contributed by atoms with Gasteiger partial charge in [-0.25, -0.2) is 0 Å². The van der Waals surface area contributed by atoms with Crippen LogP contribution in [0, 0.1) is 5.41 Å². The van der Waals surface area contributed by atoms with Crippen molar-refractivity contribution in [1.29, 1.82) is 0 Å². The highest BCUT2D eigenvalue weighted by atomic mass is 16.3. The van der Waals surface area contributed by atoms with Gasteiger partial charge in [0.25, 0.3) is 0 Å². The Labute approximate surface area is 122 Å². The molecule has 1 aliphatic heterocycles. The first-order chi connectivity index (χ1) is 9.72. The Morgan fingerprint density at radius 1 is 1.20 bits per heavy atom. The fraction of sp³-hybridized carbons (Fsp3) is 0.706. The van der Waals surface area contributed by atoms with E-state index in [2.05, 4.69) is 16.0 Å². The largest absolute Gasteiger partial charge is 0.387 e. The molecule has 0 unspecified atom stereocenters. The van der Waals surface area contributed by atoms with Gasteiger partial charge >= 0.3 is 0 Å². The molecule has 1 saturated heterocycles. The minimum atomic E-state index is -0.424. The minimum Gasteiger partial charge on any atom is -0.387 e. The number of rotatable bonds is 3. The molecule has 1 atom stereocenters. The third-order valence-electron chi connectivity index (χ3n) is 5.35. The van der Waals surface area contributed by atoms with E-state index in [4.69, 9.17) is 0 Å². The predicted molar refractivity (Wildman–Crippen MR) is 81.8 cm³/mol. The summed E-state index contributed by atoms with van der Waals surface area (Å²) >= 11 is 0. The van der Waals surface area contributed by atoms with Crippen molar-refractivity contribution in [3.05, 3.63) is 24.0 Å². The number of hydrogen-bond acceptors (Lipinski definition) is 3. The lowest BCUT2D eigenvalue weighted by atomic mass is 9.77. The fourth-order valence-electron chi connectivity index (χ4n) is 3.86. The molecule has 2 aliphatic rings. The first-order valence-corrected chi connectivity index (χ1v) is 8.11. The molecule has 1 aliphatic carbocycles. The van der Waals surface area contributed by atoms with Crippen LogP contribution in [0.1, 0.15) is 63.7 Å². The molecular formula is C17H26N2O. The molecule has 0 amide bonds. The molecule has 3 rings (SSSR count). The maximum atomic E-state index is 9.79. The summed E-state index contributed by atoms with van der Waals surface area (Å²) in [5.74, 6) is 0. The number of nitrogens with zero attached hydrogens (tertiary/aromatic N) is 2. The van der Waals surface area contributed by atoms with Crippen LogP contribution in [-0.2, 0) is 0 Å². The molecule has 20 heavy (non-hydrogen) atoms. The molecule has 1 aromatic rings. The van der Waals surface area contributed by atoms with Gasteiger partial charge in [-0.05, 0) is 49.7 Å². The van der Waals surface area contributed by atoms with Crippen LogP contribution >= 0.6 is 0 Å². The van der Waals surface area contributed by atoms with E-state index in [0.717, 1.165) is 25.2 Å². The first-order valence-electron chi connectivity index (χ1n) is 8.11. The van der Waals surface area contributed by atoms with Gasteiger partial charge in [0.05, 0.1) is 23.7 Å². The number of aromatic nitrogens is 1. The smallest absolute Gasteiger partial charge is 0.0957 e. The van der Waals surface area contributed by atoms with Crippen molar-refractivity contribution in [1.82, 2.24) is 4.98 Å². The van der Waals surface area contributed by atoms with Gasteiger partial charge in [-0.2, -0.15) is 0 Å². The molecule has 0 bridgehead atoms. The van der Waals surface area contributed by atoms with Crippen molar-refractivity contribution in [3.8, 4) is 0 Å². The normalized spacial score (nSPS) is 23.2. The van der Waals surface area contributed by atoms with Crippen LogP contribution in [0.4, 0.5) is 5.69 Å². The van der Waals surface area contributed by atoms with Gasteiger partial charge in [0.1, 0.15) is 0 Å². The molecule has 3 heteroatoms. The Balaban J connectivity index is 1.63. The zero-order valence-corrected chi connectivity index (χ0v) is 12.5. The van der Waals surface area contributed by atoms with Gasteiger partial charge in [0.15, 0.2) is 0 Å². The Hall–Kier alpha value is -1.09.